The van der Waals surface area contributed by atoms with Gasteiger partial charge in [-0.25, -0.2) is 14.8 Å². The molecule has 1 saturated carbocycles. The van der Waals surface area contributed by atoms with E-state index in [2.05, 4.69) is 21.4 Å². The Kier molecular flexibility index (Phi) is 4.84. The number of carbonyl (C=O) groups is 1. The van der Waals surface area contributed by atoms with Gasteiger partial charge in [0, 0.05) is 6.20 Å². The maximum absolute atomic E-state index is 12.2. The molecule has 0 spiro atoms. The Morgan fingerprint density at radius 2 is 2.12 bits per heavy atom. The van der Waals surface area contributed by atoms with Crippen molar-refractivity contribution in [2.75, 3.05) is 5.32 Å². The summed E-state index contributed by atoms with van der Waals surface area (Å²) in [4.78, 5) is 20.7. The molecule has 26 heavy (non-hydrogen) atoms. The van der Waals surface area contributed by atoms with Crippen molar-refractivity contribution in [2.24, 2.45) is 0 Å². The summed E-state index contributed by atoms with van der Waals surface area (Å²) >= 11 is 6.19. The van der Waals surface area contributed by atoms with E-state index in [9.17, 15) is 10.1 Å². The number of ether oxygens (including phenoxy) is 1. The van der Waals surface area contributed by atoms with Crippen LogP contribution in [0.5, 0.6) is 0 Å². The molecule has 0 aromatic carbocycles. The van der Waals surface area contributed by atoms with Crippen molar-refractivity contribution in [1.82, 2.24) is 9.97 Å². The zero-order valence-corrected chi connectivity index (χ0v) is 15.6. The van der Waals surface area contributed by atoms with Crippen LogP contribution in [0.15, 0.2) is 24.4 Å². The summed E-state index contributed by atoms with van der Waals surface area (Å²) < 4.78 is 5.28. The van der Waals surface area contributed by atoms with Crippen molar-refractivity contribution in [3.63, 3.8) is 0 Å². The van der Waals surface area contributed by atoms with Gasteiger partial charge in [0.05, 0.1) is 16.8 Å². The molecular formula is C19H19ClN4O2. The van der Waals surface area contributed by atoms with E-state index < -0.39 is 11.7 Å². The van der Waals surface area contributed by atoms with E-state index in [0.29, 0.717) is 27.9 Å². The number of aromatic nitrogens is 2. The Hall–Kier alpha value is -2.65. The predicted molar refractivity (Wildman–Crippen MR) is 99.0 cm³/mol. The summed E-state index contributed by atoms with van der Waals surface area (Å²) in [6.07, 6.45) is 3.04. The first-order chi connectivity index (χ1) is 12.3. The first-order valence-corrected chi connectivity index (χ1v) is 8.71. The van der Waals surface area contributed by atoms with Gasteiger partial charge in [-0.1, -0.05) is 11.6 Å². The maximum atomic E-state index is 12.2. The molecular weight excluding hydrogens is 352 g/mol. The van der Waals surface area contributed by atoms with Crippen molar-refractivity contribution in [3.05, 3.63) is 40.7 Å². The number of nitrogens with zero attached hydrogens (tertiary/aromatic N) is 3. The van der Waals surface area contributed by atoms with E-state index in [1.807, 2.05) is 12.1 Å². The normalized spacial score (nSPS) is 13.8. The number of nitrogens with one attached hydrogen (secondary N) is 1. The molecule has 1 amide bonds. The lowest BCUT2D eigenvalue weighted by molar-refractivity contribution is 0.0635. The zero-order valence-electron chi connectivity index (χ0n) is 14.8. The Morgan fingerprint density at radius 1 is 1.38 bits per heavy atom. The Balaban J connectivity index is 2.03. The van der Waals surface area contributed by atoms with Crippen LogP contribution in [-0.4, -0.2) is 21.7 Å². The number of hydrogen-bond acceptors (Lipinski definition) is 5. The van der Waals surface area contributed by atoms with E-state index in [4.69, 9.17) is 16.3 Å². The molecule has 0 bridgehead atoms. The van der Waals surface area contributed by atoms with Crippen molar-refractivity contribution < 1.29 is 9.53 Å². The Labute approximate surface area is 157 Å². The van der Waals surface area contributed by atoms with Gasteiger partial charge < -0.3 is 4.74 Å². The van der Waals surface area contributed by atoms with Crippen molar-refractivity contribution in [2.45, 2.75) is 45.1 Å². The predicted octanol–water partition coefficient (Wildman–Crippen LogP) is 4.89. The molecule has 1 fully saturated rings. The summed E-state index contributed by atoms with van der Waals surface area (Å²) in [5, 5.41) is 12.5. The first kappa shape index (κ1) is 18.2. The van der Waals surface area contributed by atoms with Crippen LogP contribution in [0.25, 0.3) is 11.3 Å². The molecule has 0 aliphatic heterocycles. The summed E-state index contributed by atoms with van der Waals surface area (Å²) in [7, 11) is 0. The SMILES string of the molecule is CC(C)(C)OC(=O)Nc1nccc(C#N)c1-c1cc(C2CC2)cc(Cl)n1. The second-order valence-electron chi connectivity index (χ2n) is 7.20. The molecule has 0 saturated heterocycles. The van der Waals surface area contributed by atoms with Crippen molar-refractivity contribution >= 4 is 23.5 Å². The van der Waals surface area contributed by atoms with Gasteiger partial charge >= 0.3 is 6.09 Å². The van der Waals surface area contributed by atoms with Gasteiger partial charge in [-0.15, -0.1) is 0 Å². The highest BCUT2D eigenvalue weighted by Crippen LogP contribution is 2.42. The fourth-order valence-electron chi connectivity index (χ4n) is 2.61. The Morgan fingerprint density at radius 3 is 2.73 bits per heavy atom. The maximum Gasteiger partial charge on any atom is 0.413 e. The van der Waals surface area contributed by atoms with Crippen LogP contribution >= 0.6 is 11.6 Å². The van der Waals surface area contributed by atoms with Gasteiger partial charge in [0.25, 0.3) is 0 Å². The molecule has 0 unspecified atom stereocenters. The number of pyridine rings is 2. The summed E-state index contributed by atoms with van der Waals surface area (Å²) in [5.41, 5.74) is 1.73. The third-order valence-electron chi connectivity index (χ3n) is 3.81. The van der Waals surface area contributed by atoms with Crippen LogP contribution in [0, 0.1) is 11.3 Å². The van der Waals surface area contributed by atoms with E-state index in [1.165, 1.54) is 6.20 Å². The van der Waals surface area contributed by atoms with Gasteiger partial charge in [-0.05, 0) is 63.3 Å². The average Bonchev–Trinajstić information content (AvgIpc) is 3.37. The van der Waals surface area contributed by atoms with E-state index in [-0.39, 0.29) is 5.82 Å². The summed E-state index contributed by atoms with van der Waals surface area (Å²) in [5.74, 6) is 0.688. The van der Waals surface area contributed by atoms with Crippen LogP contribution in [-0.2, 0) is 4.74 Å². The van der Waals surface area contributed by atoms with Crippen LogP contribution in [0.1, 0.15) is 50.7 Å². The van der Waals surface area contributed by atoms with Gasteiger partial charge in [0.2, 0.25) is 0 Å². The highest BCUT2D eigenvalue weighted by Gasteiger charge is 2.26. The number of halogens is 1. The van der Waals surface area contributed by atoms with Crippen molar-refractivity contribution in [3.8, 4) is 17.3 Å². The lowest BCUT2D eigenvalue weighted by atomic mass is 10.0. The number of rotatable bonds is 3. The highest BCUT2D eigenvalue weighted by atomic mass is 35.5. The fourth-order valence-corrected chi connectivity index (χ4v) is 2.82. The van der Waals surface area contributed by atoms with Crippen LogP contribution < -0.4 is 5.32 Å². The largest absolute Gasteiger partial charge is 0.444 e. The van der Waals surface area contributed by atoms with Gasteiger partial charge in [0.1, 0.15) is 22.6 Å². The van der Waals surface area contributed by atoms with Gasteiger partial charge in [-0.3, -0.25) is 5.32 Å². The third kappa shape index (κ3) is 4.30. The first-order valence-electron chi connectivity index (χ1n) is 8.34. The number of nitriles is 1. The molecule has 1 aliphatic rings. The minimum Gasteiger partial charge on any atom is -0.444 e. The van der Waals surface area contributed by atoms with E-state index in [0.717, 1.165) is 18.4 Å². The third-order valence-corrected chi connectivity index (χ3v) is 4.01. The number of amides is 1. The zero-order chi connectivity index (χ0) is 18.9. The summed E-state index contributed by atoms with van der Waals surface area (Å²) in [6.45, 7) is 5.31. The molecule has 1 aliphatic carbocycles. The smallest absolute Gasteiger partial charge is 0.413 e. The molecule has 0 radical (unpaired) electrons. The lowest BCUT2D eigenvalue weighted by Gasteiger charge is -2.20. The minimum absolute atomic E-state index is 0.217. The monoisotopic (exact) mass is 370 g/mol. The van der Waals surface area contributed by atoms with Gasteiger partial charge in [-0.2, -0.15) is 5.26 Å². The lowest BCUT2D eigenvalue weighted by Crippen LogP contribution is -2.27. The molecule has 6 nitrogen and oxygen atoms in total. The molecule has 3 rings (SSSR count). The topological polar surface area (TPSA) is 87.9 Å². The number of anilines is 1. The second-order valence-corrected chi connectivity index (χ2v) is 7.59. The molecule has 1 N–H and O–H groups in total. The minimum atomic E-state index is -0.648. The fraction of sp³-hybridized carbons (Fsp3) is 0.368. The highest BCUT2D eigenvalue weighted by molar-refractivity contribution is 6.29. The molecule has 2 aromatic heterocycles. The van der Waals surface area contributed by atoms with E-state index in [1.54, 1.807) is 26.8 Å². The van der Waals surface area contributed by atoms with Crippen LogP contribution in [0.4, 0.5) is 10.6 Å². The summed E-state index contributed by atoms with van der Waals surface area (Å²) in [6, 6.07) is 7.45. The second kappa shape index (κ2) is 6.93. The number of carbonyl (C=O) groups excluding carboxylic acids is 1. The van der Waals surface area contributed by atoms with Crippen LogP contribution in [0.3, 0.4) is 0 Å². The van der Waals surface area contributed by atoms with Crippen molar-refractivity contribution in [1.29, 1.82) is 5.26 Å². The standard InChI is InChI=1S/C19H19ClN4O2/c1-19(2,3)26-18(25)24-17-16(12(10-21)6-7-22-17)14-8-13(11-4-5-11)9-15(20)23-14/h6-9,11H,4-5H2,1-3H3,(H,22,24,25). The quantitative estimate of drug-likeness (QED) is 0.777. The Bertz CT molecular complexity index is 895. The average molecular weight is 371 g/mol. The van der Waals surface area contributed by atoms with E-state index >= 15 is 0 Å². The molecule has 0 atom stereocenters. The molecule has 134 valence electrons. The number of hydrogen-bond donors (Lipinski definition) is 1. The van der Waals surface area contributed by atoms with Gasteiger partial charge in [0.15, 0.2) is 0 Å². The molecule has 2 aromatic rings. The van der Waals surface area contributed by atoms with Crippen LogP contribution in [0.2, 0.25) is 5.15 Å². The molecule has 2 heterocycles. The molecule has 7 heteroatoms.